The number of rotatable bonds is 14. The van der Waals surface area contributed by atoms with Gasteiger partial charge in [-0.25, -0.2) is 13.5 Å². The van der Waals surface area contributed by atoms with E-state index in [-0.39, 0.29) is 18.1 Å². The Morgan fingerprint density at radius 1 is 1.32 bits per heavy atom. The van der Waals surface area contributed by atoms with E-state index in [0.29, 0.717) is 19.3 Å². The number of carbonyl (C=O) groups is 2. The van der Waals surface area contributed by atoms with Crippen molar-refractivity contribution in [1.82, 2.24) is 19.8 Å². The fraction of sp³-hybridized carbons (Fsp3) is 0.737. The van der Waals surface area contributed by atoms with E-state index in [4.69, 9.17) is 9.36 Å². The predicted molar refractivity (Wildman–Crippen MR) is 112 cm³/mol. The van der Waals surface area contributed by atoms with Gasteiger partial charge >= 0.3 is 11.9 Å². The highest BCUT2D eigenvalue weighted by Gasteiger charge is 2.30. The van der Waals surface area contributed by atoms with Crippen LogP contribution < -0.4 is 4.72 Å². The first kappa shape index (κ1) is 25.2. The second-order valence-corrected chi connectivity index (χ2v) is 9.39. The molecule has 2 rings (SSSR count). The number of hydrogen-bond donors (Lipinski definition) is 2. The number of likely N-dealkylation sites (tertiary alicyclic amines) is 1. The average Bonchev–Trinajstić information content (AvgIpc) is 3.28. The highest BCUT2D eigenvalue weighted by atomic mass is 32.2. The van der Waals surface area contributed by atoms with Gasteiger partial charge in [0.2, 0.25) is 15.8 Å². The highest BCUT2D eigenvalue weighted by molar-refractivity contribution is 7.89. The van der Waals surface area contributed by atoms with Crippen LogP contribution in [0.5, 0.6) is 0 Å². The summed E-state index contributed by atoms with van der Waals surface area (Å²) >= 11 is 0. The molecule has 1 aliphatic rings. The summed E-state index contributed by atoms with van der Waals surface area (Å²) in [6.45, 7) is 4.36. The molecule has 0 aromatic carbocycles. The molecule has 1 atom stereocenters. The Kier molecular flexibility index (Phi) is 10.4. The van der Waals surface area contributed by atoms with Crippen molar-refractivity contribution >= 4 is 21.9 Å². The Morgan fingerprint density at radius 3 is 2.68 bits per heavy atom. The maximum absolute atomic E-state index is 12.7. The van der Waals surface area contributed by atoms with Crippen molar-refractivity contribution in [1.29, 1.82) is 0 Å². The van der Waals surface area contributed by atoms with Crippen LogP contribution in [0.25, 0.3) is 0 Å². The zero-order valence-corrected chi connectivity index (χ0v) is 18.7. The molecule has 1 aromatic heterocycles. The van der Waals surface area contributed by atoms with Crippen molar-refractivity contribution in [2.75, 3.05) is 38.5 Å². The molecule has 0 radical (unpaired) electrons. The van der Waals surface area contributed by atoms with Gasteiger partial charge in [-0.3, -0.25) is 14.4 Å². The lowest BCUT2D eigenvalue weighted by Crippen LogP contribution is -2.50. The molecule has 12 heteroatoms. The van der Waals surface area contributed by atoms with E-state index >= 15 is 0 Å². The van der Waals surface area contributed by atoms with Crippen LogP contribution in [0.1, 0.15) is 56.0 Å². The monoisotopic (exact) mass is 460 g/mol. The van der Waals surface area contributed by atoms with Gasteiger partial charge in [0.05, 0.1) is 25.1 Å². The lowest BCUT2D eigenvalue weighted by Gasteiger charge is -2.27. The summed E-state index contributed by atoms with van der Waals surface area (Å²) in [6, 6.07) is -0.232. The van der Waals surface area contributed by atoms with Crippen LogP contribution in [-0.4, -0.2) is 85.1 Å². The number of nitrogens with one attached hydrogen (secondary N) is 1. The van der Waals surface area contributed by atoms with E-state index in [1.54, 1.807) is 0 Å². The third-order valence-electron chi connectivity index (χ3n) is 4.92. The molecule has 0 spiro atoms. The number of amides is 1. The van der Waals surface area contributed by atoms with Crippen molar-refractivity contribution in [2.45, 2.75) is 51.5 Å². The van der Waals surface area contributed by atoms with Gasteiger partial charge in [0.1, 0.15) is 6.04 Å². The number of hydrogen-bond acceptors (Lipinski definition) is 8. The number of aromatic nitrogens is 1. The third-order valence-corrected chi connectivity index (χ3v) is 6.39. The number of carboxylic acid groups (broad SMARTS) is 1. The first-order valence-electron chi connectivity index (χ1n) is 10.6. The summed E-state index contributed by atoms with van der Waals surface area (Å²) in [4.78, 5) is 32.2. The third kappa shape index (κ3) is 8.93. The van der Waals surface area contributed by atoms with Gasteiger partial charge in [-0.15, -0.1) is 0 Å². The molecule has 0 bridgehead atoms. The van der Waals surface area contributed by atoms with E-state index < -0.39 is 34.5 Å². The Morgan fingerprint density at radius 2 is 2.06 bits per heavy atom. The smallest absolute Gasteiger partial charge is 0.323 e. The SMILES string of the molecule is CCCCS(=O)(=O)N[C@@H](CN(OCCCN1CCCCC1)C(=O)c1ccno1)C(=O)O. The van der Waals surface area contributed by atoms with Gasteiger partial charge < -0.3 is 14.5 Å². The molecule has 0 unspecified atom stereocenters. The summed E-state index contributed by atoms with van der Waals surface area (Å²) in [5, 5.41) is 13.8. The summed E-state index contributed by atoms with van der Waals surface area (Å²) in [6.07, 6.45) is 6.52. The van der Waals surface area contributed by atoms with Crippen molar-refractivity contribution in [3.05, 3.63) is 18.0 Å². The molecule has 2 N–H and O–H groups in total. The maximum atomic E-state index is 12.7. The quantitative estimate of drug-likeness (QED) is 0.308. The normalized spacial score (nSPS) is 16.2. The minimum Gasteiger partial charge on any atom is -0.480 e. The summed E-state index contributed by atoms with van der Waals surface area (Å²) in [7, 11) is -3.82. The number of unbranched alkanes of at least 4 members (excludes halogenated alkanes) is 1. The van der Waals surface area contributed by atoms with Gasteiger partial charge in [0.25, 0.3) is 0 Å². The Balaban J connectivity index is 2.00. The zero-order valence-electron chi connectivity index (χ0n) is 17.9. The molecule has 1 aromatic rings. The molecule has 2 heterocycles. The van der Waals surface area contributed by atoms with Crippen LogP contribution in [0.3, 0.4) is 0 Å². The average molecular weight is 461 g/mol. The minimum atomic E-state index is -3.82. The molecule has 31 heavy (non-hydrogen) atoms. The predicted octanol–water partition coefficient (Wildman–Crippen LogP) is 1.10. The number of piperidine rings is 1. The second kappa shape index (κ2) is 12.7. The minimum absolute atomic E-state index is 0.131. The fourth-order valence-electron chi connectivity index (χ4n) is 3.23. The standard InChI is InChI=1S/C19H32N4O7S/c1-2-3-14-31(27,28)21-16(19(25)26)15-23(18(24)17-8-9-20-30-17)29-13-7-12-22-10-5-4-6-11-22/h8-9,16,21H,2-7,10-15H2,1H3,(H,25,26)/t16-/m0/s1. The molecule has 0 aliphatic carbocycles. The van der Waals surface area contributed by atoms with Crippen molar-refractivity contribution in [3.8, 4) is 0 Å². The molecule has 1 aliphatic heterocycles. The lowest BCUT2D eigenvalue weighted by atomic mass is 10.1. The second-order valence-electron chi connectivity index (χ2n) is 7.51. The fourth-order valence-corrected chi connectivity index (χ4v) is 4.63. The molecule has 11 nitrogen and oxygen atoms in total. The summed E-state index contributed by atoms with van der Waals surface area (Å²) in [5.41, 5.74) is 0. The maximum Gasteiger partial charge on any atom is 0.323 e. The molecule has 0 saturated carbocycles. The van der Waals surface area contributed by atoms with E-state index in [0.717, 1.165) is 37.5 Å². The zero-order chi connectivity index (χ0) is 22.7. The Labute approximate surface area is 182 Å². The van der Waals surface area contributed by atoms with E-state index in [1.165, 1.54) is 18.7 Å². The number of carbonyl (C=O) groups excluding carboxylic acids is 1. The van der Waals surface area contributed by atoms with Crippen molar-refractivity contribution in [2.24, 2.45) is 0 Å². The molecular formula is C19H32N4O7S. The number of nitrogens with zero attached hydrogens (tertiary/aromatic N) is 3. The van der Waals surface area contributed by atoms with Gasteiger partial charge in [-0.2, -0.15) is 4.72 Å². The number of aliphatic carboxylic acids is 1. The summed E-state index contributed by atoms with van der Waals surface area (Å²) in [5.74, 6) is -2.46. The first-order chi connectivity index (χ1) is 14.8. The van der Waals surface area contributed by atoms with Gasteiger partial charge in [-0.1, -0.05) is 24.9 Å². The molecular weight excluding hydrogens is 428 g/mol. The number of carboxylic acids is 1. The van der Waals surface area contributed by atoms with E-state index in [9.17, 15) is 23.1 Å². The van der Waals surface area contributed by atoms with E-state index in [1.807, 2.05) is 6.92 Å². The van der Waals surface area contributed by atoms with Crippen molar-refractivity contribution < 1.29 is 32.5 Å². The topological polar surface area (TPSA) is 142 Å². The number of sulfonamides is 1. The highest BCUT2D eigenvalue weighted by Crippen LogP contribution is 2.10. The van der Waals surface area contributed by atoms with Gasteiger partial charge in [0.15, 0.2) is 0 Å². The molecule has 1 saturated heterocycles. The Bertz CT molecular complexity index is 779. The molecule has 176 valence electrons. The van der Waals surface area contributed by atoms with E-state index in [2.05, 4.69) is 14.8 Å². The summed E-state index contributed by atoms with van der Waals surface area (Å²) < 4.78 is 31.3. The van der Waals surface area contributed by atoms with Gasteiger partial charge in [0, 0.05) is 12.6 Å². The first-order valence-corrected chi connectivity index (χ1v) is 12.3. The van der Waals surface area contributed by atoms with Crippen LogP contribution in [-0.2, 0) is 19.7 Å². The Hall–Kier alpha value is -2.02. The van der Waals surface area contributed by atoms with Crippen LogP contribution in [0, 0.1) is 0 Å². The van der Waals surface area contributed by atoms with Crippen molar-refractivity contribution in [3.63, 3.8) is 0 Å². The molecule has 1 fully saturated rings. The number of hydroxylamine groups is 2. The van der Waals surface area contributed by atoms with Crippen LogP contribution in [0.15, 0.2) is 16.8 Å². The lowest BCUT2D eigenvalue weighted by molar-refractivity contribution is -0.150. The largest absolute Gasteiger partial charge is 0.480 e. The van der Waals surface area contributed by atoms with Crippen LogP contribution >= 0.6 is 0 Å². The molecule has 1 amide bonds. The van der Waals surface area contributed by atoms with Crippen LogP contribution in [0.4, 0.5) is 0 Å². The van der Waals surface area contributed by atoms with Gasteiger partial charge in [-0.05, 0) is 38.8 Å². The van der Waals surface area contributed by atoms with Crippen LogP contribution in [0.2, 0.25) is 0 Å².